The summed E-state index contributed by atoms with van der Waals surface area (Å²) in [6, 6.07) is 3.73. The van der Waals surface area contributed by atoms with E-state index in [9.17, 15) is 4.79 Å². The molecule has 0 unspecified atom stereocenters. The molecule has 0 bridgehead atoms. The lowest BCUT2D eigenvalue weighted by Gasteiger charge is -1.95. The van der Waals surface area contributed by atoms with E-state index in [1.165, 1.54) is 11.3 Å². The summed E-state index contributed by atoms with van der Waals surface area (Å²) in [5.41, 5.74) is 0.849. The zero-order valence-electron chi connectivity index (χ0n) is 10.4. The Kier molecular flexibility index (Phi) is 3.38. The second kappa shape index (κ2) is 5.33. The van der Waals surface area contributed by atoms with E-state index in [0.29, 0.717) is 23.6 Å². The van der Waals surface area contributed by atoms with Crippen molar-refractivity contribution in [3.63, 3.8) is 0 Å². The summed E-state index contributed by atoms with van der Waals surface area (Å²) < 4.78 is 1.68. The van der Waals surface area contributed by atoms with Crippen molar-refractivity contribution in [2.24, 2.45) is 0 Å². The van der Waals surface area contributed by atoms with E-state index < -0.39 is 5.97 Å². The number of aryl methyl sites for hydroxylation is 1. The van der Waals surface area contributed by atoms with Gasteiger partial charge >= 0.3 is 5.97 Å². The molecule has 20 heavy (non-hydrogen) atoms. The van der Waals surface area contributed by atoms with Gasteiger partial charge in [0, 0.05) is 30.8 Å². The average Bonchev–Trinajstić information content (AvgIpc) is 2.99. The molecule has 0 saturated carbocycles. The van der Waals surface area contributed by atoms with Crippen LogP contribution in [0.3, 0.4) is 0 Å². The molecule has 0 amide bonds. The highest BCUT2D eigenvalue weighted by Gasteiger charge is 2.13. The minimum Gasteiger partial charge on any atom is -0.481 e. The summed E-state index contributed by atoms with van der Waals surface area (Å²) in [5, 5.41) is 22.1. The molecule has 0 aliphatic heterocycles. The first kappa shape index (κ1) is 12.7. The number of fused-ring (bicyclic) bond motifs is 1. The van der Waals surface area contributed by atoms with Crippen molar-refractivity contribution in [2.45, 2.75) is 19.3 Å². The summed E-state index contributed by atoms with van der Waals surface area (Å²) >= 11 is 1.43. The van der Waals surface area contributed by atoms with E-state index in [-0.39, 0.29) is 6.42 Å². The Morgan fingerprint density at radius 3 is 3.05 bits per heavy atom. The third-order valence-corrected chi connectivity index (χ3v) is 3.69. The molecule has 1 N–H and O–H groups in total. The van der Waals surface area contributed by atoms with Crippen molar-refractivity contribution >= 4 is 22.3 Å². The molecular weight excluding hydrogens is 278 g/mol. The highest BCUT2D eigenvalue weighted by Crippen LogP contribution is 2.21. The molecule has 3 rings (SSSR count). The van der Waals surface area contributed by atoms with Crippen molar-refractivity contribution in [3.8, 4) is 11.4 Å². The van der Waals surface area contributed by atoms with Crippen LogP contribution in [0.2, 0.25) is 0 Å². The number of pyridine rings is 1. The van der Waals surface area contributed by atoms with Gasteiger partial charge in [-0.1, -0.05) is 11.3 Å². The van der Waals surface area contributed by atoms with Crippen molar-refractivity contribution in [3.05, 3.63) is 29.5 Å². The maximum atomic E-state index is 10.5. The zero-order chi connectivity index (χ0) is 13.9. The van der Waals surface area contributed by atoms with Gasteiger partial charge in [-0.25, -0.2) is 0 Å². The van der Waals surface area contributed by atoms with Crippen molar-refractivity contribution in [1.82, 2.24) is 24.8 Å². The highest BCUT2D eigenvalue weighted by atomic mass is 32.1. The second-order valence-corrected chi connectivity index (χ2v) is 5.24. The highest BCUT2D eigenvalue weighted by molar-refractivity contribution is 7.16. The summed E-state index contributed by atoms with van der Waals surface area (Å²) in [6.45, 7) is 0. The smallest absolute Gasteiger partial charge is 0.303 e. The van der Waals surface area contributed by atoms with Crippen LogP contribution in [0, 0.1) is 0 Å². The summed E-state index contributed by atoms with van der Waals surface area (Å²) in [5.74, 6) is -0.141. The van der Waals surface area contributed by atoms with Crippen LogP contribution in [-0.4, -0.2) is 35.9 Å². The number of nitrogens with zero attached hydrogens (tertiary/aromatic N) is 5. The van der Waals surface area contributed by atoms with Gasteiger partial charge in [-0.2, -0.15) is 9.61 Å². The quantitative estimate of drug-likeness (QED) is 0.767. The molecule has 0 atom stereocenters. The fourth-order valence-corrected chi connectivity index (χ4v) is 2.70. The monoisotopic (exact) mass is 289 g/mol. The molecule has 7 nitrogen and oxygen atoms in total. The first-order valence-electron chi connectivity index (χ1n) is 6.07. The lowest BCUT2D eigenvalue weighted by Crippen LogP contribution is -1.97. The van der Waals surface area contributed by atoms with Crippen LogP contribution in [-0.2, 0) is 11.2 Å². The Balaban J connectivity index is 1.85. The Bertz CT molecular complexity index is 737. The minimum absolute atomic E-state index is 0.148. The summed E-state index contributed by atoms with van der Waals surface area (Å²) in [4.78, 5) is 15.3. The average molecular weight is 289 g/mol. The first-order chi connectivity index (χ1) is 9.74. The molecular formula is C12H11N5O2S. The van der Waals surface area contributed by atoms with E-state index >= 15 is 0 Å². The fraction of sp³-hybridized carbons (Fsp3) is 0.250. The van der Waals surface area contributed by atoms with E-state index in [1.807, 2.05) is 12.1 Å². The molecule has 3 aromatic heterocycles. The van der Waals surface area contributed by atoms with Crippen LogP contribution in [0.4, 0.5) is 0 Å². The Morgan fingerprint density at radius 2 is 2.30 bits per heavy atom. The Hall–Kier alpha value is -2.35. The number of carboxylic acids is 1. The molecule has 0 radical (unpaired) electrons. The Labute approximate surface area is 117 Å². The molecule has 0 spiro atoms. The van der Waals surface area contributed by atoms with Crippen LogP contribution in [0.15, 0.2) is 24.5 Å². The van der Waals surface area contributed by atoms with Gasteiger partial charge in [0.25, 0.3) is 0 Å². The predicted molar refractivity (Wildman–Crippen MR) is 72.5 cm³/mol. The third kappa shape index (κ3) is 2.50. The minimum atomic E-state index is -0.788. The van der Waals surface area contributed by atoms with Gasteiger partial charge in [-0.3, -0.25) is 9.78 Å². The number of aromatic nitrogens is 5. The second-order valence-electron chi connectivity index (χ2n) is 4.20. The largest absolute Gasteiger partial charge is 0.481 e. The molecule has 3 aromatic rings. The zero-order valence-corrected chi connectivity index (χ0v) is 11.2. The van der Waals surface area contributed by atoms with Gasteiger partial charge in [-0.15, -0.1) is 10.2 Å². The number of hydrogen-bond donors (Lipinski definition) is 1. The SMILES string of the molecule is O=C(O)CCCc1nn2c(-c3cccnc3)nnc2s1. The third-order valence-electron chi connectivity index (χ3n) is 2.73. The molecule has 0 saturated heterocycles. The van der Waals surface area contributed by atoms with E-state index in [0.717, 1.165) is 10.6 Å². The molecule has 0 aliphatic carbocycles. The molecule has 0 fully saturated rings. The van der Waals surface area contributed by atoms with Crippen LogP contribution in [0.25, 0.3) is 16.3 Å². The van der Waals surface area contributed by atoms with Gasteiger partial charge in [0.15, 0.2) is 5.82 Å². The number of aliphatic carboxylic acids is 1. The maximum absolute atomic E-state index is 10.5. The van der Waals surface area contributed by atoms with Crippen molar-refractivity contribution in [1.29, 1.82) is 0 Å². The van der Waals surface area contributed by atoms with Crippen molar-refractivity contribution < 1.29 is 9.90 Å². The Morgan fingerprint density at radius 1 is 1.40 bits per heavy atom. The fourth-order valence-electron chi connectivity index (χ4n) is 1.82. The van der Waals surface area contributed by atoms with E-state index in [4.69, 9.17) is 5.11 Å². The molecule has 8 heteroatoms. The first-order valence-corrected chi connectivity index (χ1v) is 6.89. The lowest BCUT2D eigenvalue weighted by molar-refractivity contribution is -0.137. The van der Waals surface area contributed by atoms with Gasteiger partial charge in [0.1, 0.15) is 5.01 Å². The molecule has 0 aliphatic rings. The normalized spacial score (nSPS) is 11.0. The number of rotatable bonds is 5. The van der Waals surface area contributed by atoms with Crippen LogP contribution >= 0.6 is 11.3 Å². The van der Waals surface area contributed by atoms with Gasteiger partial charge in [0.05, 0.1) is 0 Å². The van der Waals surface area contributed by atoms with Crippen LogP contribution in [0.5, 0.6) is 0 Å². The molecule has 0 aromatic carbocycles. The molecule has 3 heterocycles. The van der Waals surface area contributed by atoms with Gasteiger partial charge in [-0.05, 0) is 18.6 Å². The summed E-state index contributed by atoms with van der Waals surface area (Å²) in [6.07, 6.45) is 4.75. The number of carboxylic acid groups (broad SMARTS) is 1. The van der Waals surface area contributed by atoms with Crippen molar-refractivity contribution in [2.75, 3.05) is 0 Å². The maximum Gasteiger partial charge on any atom is 0.303 e. The predicted octanol–water partition coefficient (Wildman–Crippen LogP) is 1.66. The van der Waals surface area contributed by atoms with E-state index in [2.05, 4.69) is 20.3 Å². The van der Waals surface area contributed by atoms with E-state index in [1.54, 1.807) is 16.9 Å². The lowest BCUT2D eigenvalue weighted by atomic mass is 10.2. The summed E-state index contributed by atoms with van der Waals surface area (Å²) in [7, 11) is 0. The molecule has 102 valence electrons. The van der Waals surface area contributed by atoms with Gasteiger partial charge < -0.3 is 5.11 Å². The van der Waals surface area contributed by atoms with Crippen LogP contribution < -0.4 is 0 Å². The topological polar surface area (TPSA) is 93.3 Å². The number of hydrogen-bond acceptors (Lipinski definition) is 6. The number of carbonyl (C=O) groups is 1. The van der Waals surface area contributed by atoms with Crippen LogP contribution in [0.1, 0.15) is 17.8 Å². The van der Waals surface area contributed by atoms with Gasteiger partial charge in [0.2, 0.25) is 4.96 Å². The standard InChI is InChI=1S/C12H11N5O2S/c18-10(19)5-1-4-9-16-17-11(14-15-12(17)20-9)8-3-2-6-13-7-8/h2-3,6-7H,1,4-5H2,(H,18,19).